The van der Waals surface area contributed by atoms with E-state index in [-0.39, 0.29) is 0 Å². The minimum atomic E-state index is -0.420. The van der Waals surface area contributed by atoms with Gasteiger partial charge in [-0.15, -0.1) is 10.2 Å². The Kier molecular flexibility index (Phi) is 4.35. The van der Waals surface area contributed by atoms with Crippen molar-refractivity contribution >= 4 is 0 Å². The molecule has 0 radical (unpaired) electrons. The molecule has 2 aromatic heterocycles. The highest BCUT2D eigenvalue weighted by molar-refractivity contribution is 5.50. The molecule has 0 aliphatic carbocycles. The standard InChI is InChI=1S/C12H15FN4O/c1-2-4-14-5-3-11-16-17-12(18-11)9-6-10(13)8-15-7-9/h6-8,14H,2-5H2,1H3. The van der Waals surface area contributed by atoms with Gasteiger partial charge in [0.05, 0.1) is 11.8 Å². The molecule has 0 unspecified atom stereocenters. The van der Waals surface area contributed by atoms with E-state index in [1.165, 1.54) is 12.3 Å². The smallest absolute Gasteiger partial charge is 0.249 e. The van der Waals surface area contributed by atoms with E-state index < -0.39 is 5.82 Å². The summed E-state index contributed by atoms with van der Waals surface area (Å²) in [6.07, 6.45) is 4.38. The van der Waals surface area contributed by atoms with Crippen molar-refractivity contribution in [2.45, 2.75) is 19.8 Å². The van der Waals surface area contributed by atoms with Crippen LogP contribution in [0.3, 0.4) is 0 Å². The lowest BCUT2D eigenvalue weighted by molar-refractivity contribution is 0.493. The van der Waals surface area contributed by atoms with Gasteiger partial charge < -0.3 is 9.73 Å². The number of hydrogen-bond acceptors (Lipinski definition) is 5. The predicted molar refractivity (Wildman–Crippen MR) is 64.4 cm³/mol. The molecule has 0 spiro atoms. The number of pyridine rings is 1. The van der Waals surface area contributed by atoms with Crippen LogP contribution in [0.4, 0.5) is 4.39 Å². The molecule has 18 heavy (non-hydrogen) atoms. The molecule has 2 heterocycles. The maximum Gasteiger partial charge on any atom is 0.249 e. The Balaban J connectivity index is 1.97. The lowest BCUT2D eigenvalue weighted by Gasteiger charge is -1.98. The number of aromatic nitrogens is 3. The average molecular weight is 250 g/mol. The quantitative estimate of drug-likeness (QED) is 0.792. The zero-order valence-electron chi connectivity index (χ0n) is 10.2. The molecule has 5 nitrogen and oxygen atoms in total. The molecule has 0 atom stereocenters. The fraction of sp³-hybridized carbons (Fsp3) is 0.417. The summed E-state index contributed by atoms with van der Waals surface area (Å²) in [7, 11) is 0. The van der Waals surface area contributed by atoms with E-state index in [2.05, 4.69) is 27.4 Å². The summed E-state index contributed by atoms with van der Waals surface area (Å²) in [6.45, 7) is 3.86. The molecule has 0 aromatic carbocycles. The summed E-state index contributed by atoms with van der Waals surface area (Å²) in [5, 5.41) is 11.0. The monoisotopic (exact) mass is 250 g/mol. The van der Waals surface area contributed by atoms with Gasteiger partial charge in [0.15, 0.2) is 0 Å². The number of halogens is 1. The molecule has 0 saturated heterocycles. The van der Waals surface area contributed by atoms with Crippen LogP contribution in [0.2, 0.25) is 0 Å². The molecule has 96 valence electrons. The van der Waals surface area contributed by atoms with Crippen LogP contribution in [0.15, 0.2) is 22.9 Å². The summed E-state index contributed by atoms with van der Waals surface area (Å²) in [4.78, 5) is 3.74. The van der Waals surface area contributed by atoms with Gasteiger partial charge in [-0.05, 0) is 19.0 Å². The summed E-state index contributed by atoms with van der Waals surface area (Å²) in [5.74, 6) is 0.419. The molecule has 2 rings (SSSR count). The van der Waals surface area contributed by atoms with Crippen LogP contribution in [0.25, 0.3) is 11.5 Å². The zero-order chi connectivity index (χ0) is 12.8. The van der Waals surface area contributed by atoms with E-state index in [0.717, 1.165) is 25.7 Å². The fourth-order valence-electron chi connectivity index (χ4n) is 1.50. The highest BCUT2D eigenvalue weighted by Gasteiger charge is 2.09. The minimum absolute atomic E-state index is 0.299. The molecule has 0 aliphatic rings. The van der Waals surface area contributed by atoms with Crippen LogP contribution in [0.5, 0.6) is 0 Å². The van der Waals surface area contributed by atoms with Crippen molar-refractivity contribution < 1.29 is 8.81 Å². The summed E-state index contributed by atoms with van der Waals surface area (Å²) >= 11 is 0. The summed E-state index contributed by atoms with van der Waals surface area (Å²) in [5.41, 5.74) is 0.496. The fourth-order valence-corrected chi connectivity index (χ4v) is 1.50. The lowest BCUT2D eigenvalue weighted by Crippen LogP contribution is -2.17. The molecular weight excluding hydrogens is 235 g/mol. The number of rotatable bonds is 6. The molecular formula is C12H15FN4O. The summed E-state index contributed by atoms with van der Waals surface area (Å²) < 4.78 is 18.4. The minimum Gasteiger partial charge on any atom is -0.421 e. The number of nitrogens with zero attached hydrogens (tertiary/aromatic N) is 3. The third kappa shape index (κ3) is 3.33. The zero-order valence-corrected chi connectivity index (χ0v) is 10.2. The van der Waals surface area contributed by atoms with Gasteiger partial charge in [-0.1, -0.05) is 6.92 Å². The lowest BCUT2D eigenvalue weighted by atomic mass is 10.3. The van der Waals surface area contributed by atoms with Gasteiger partial charge in [-0.25, -0.2) is 4.39 Å². The third-order valence-corrected chi connectivity index (χ3v) is 2.36. The molecule has 0 fully saturated rings. The maximum atomic E-state index is 13.0. The van der Waals surface area contributed by atoms with Gasteiger partial charge in [-0.3, -0.25) is 4.98 Å². The van der Waals surface area contributed by atoms with E-state index in [0.29, 0.717) is 23.8 Å². The Morgan fingerprint density at radius 1 is 1.28 bits per heavy atom. The van der Waals surface area contributed by atoms with E-state index in [4.69, 9.17) is 4.42 Å². The average Bonchev–Trinajstić information content (AvgIpc) is 2.83. The Bertz CT molecular complexity index is 500. The number of hydrogen-bond donors (Lipinski definition) is 1. The maximum absolute atomic E-state index is 13.0. The van der Waals surface area contributed by atoms with Crippen molar-refractivity contribution in [3.05, 3.63) is 30.2 Å². The van der Waals surface area contributed by atoms with Gasteiger partial charge >= 0.3 is 0 Å². The van der Waals surface area contributed by atoms with E-state index in [1.807, 2.05) is 0 Å². The van der Waals surface area contributed by atoms with Crippen molar-refractivity contribution in [1.29, 1.82) is 0 Å². The second kappa shape index (κ2) is 6.20. The molecule has 6 heteroatoms. The van der Waals surface area contributed by atoms with Crippen LogP contribution < -0.4 is 5.32 Å². The van der Waals surface area contributed by atoms with Crippen molar-refractivity contribution in [3.8, 4) is 11.5 Å². The molecule has 0 aliphatic heterocycles. The molecule has 1 N–H and O–H groups in total. The first-order chi connectivity index (χ1) is 8.79. The van der Waals surface area contributed by atoms with Crippen LogP contribution in [-0.4, -0.2) is 28.3 Å². The normalized spacial score (nSPS) is 10.8. The highest BCUT2D eigenvalue weighted by atomic mass is 19.1. The predicted octanol–water partition coefficient (Wildman–Crippen LogP) is 1.81. The first-order valence-electron chi connectivity index (χ1n) is 5.93. The van der Waals surface area contributed by atoms with Crippen molar-refractivity contribution in [2.75, 3.05) is 13.1 Å². The first-order valence-corrected chi connectivity index (χ1v) is 5.93. The van der Waals surface area contributed by atoms with E-state index in [1.54, 1.807) is 0 Å². The Labute approximate surface area is 104 Å². The van der Waals surface area contributed by atoms with Gasteiger partial charge in [-0.2, -0.15) is 0 Å². The second-order valence-corrected chi connectivity index (χ2v) is 3.89. The van der Waals surface area contributed by atoms with Crippen LogP contribution in [-0.2, 0) is 6.42 Å². The van der Waals surface area contributed by atoms with Crippen molar-refractivity contribution in [1.82, 2.24) is 20.5 Å². The van der Waals surface area contributed by atoms with Gasteiger partial charge in [0.2, 0.25) is 11.8 Å². The second-order valence-electron chi connectivity index (χ2n) is 3.89. The SMILES string of the molecule is CCCNCCc1nnc(-c2cncc(F)c2)o1. The number of nitrogens with one attached hydrogen (secondary N) is 1. The molecule has 2 aromatic rings. The topological polar surface area (TPSA) is 63.8 Å². The molecule has 0 amide bonds. The van der Waals surface area contributed by atoms with Gasteiger partial charge in [0, 0.05) is 19.2 Å². The Morgan fingerprint density at radius 3 is 2.94 bits per heavy atom. The van der Waals surface area contributed by atoms with Crippen LogP contribution in [0, 0.1) is 5.82 Å². The van der Waals surface area contributed by atoms with Gasteiger partial charge in [0.25, 0.3) is 0 Å². The molecule has 0 bridgehead atoms. The van der Waals surface area contributed by atoms with E-state index in [9.17, 15) is 4.39 Å². The Morgan fingerprint density at radius 2 is 2.17 bits per heavy atom. The highest BCUT2D eigenvalue weighted by Crippen LogP contribution is 2.17. The van der Waals surface area contributed by atoms with Crippen LogP contribution >= 0.6 is 0 Å². The van der Waals surface area contributed by atoms with Crippen LogP contribution in [0.1, 0.15) is 19.2 Å². The summed E-state index contributed by atoms with van der Waals surface area (Å²) in [6, 6.07) is 1.32. The Hall–Kier alpha value is -1.82. The molecule has 0 saturated carbocycles. The third-order valence-electron chi connectivity index (χ3n) is 2.36. The first kappa shape index (κ1) is 12.6. The van der Waals surface area contributed by atoms with E-state index >= 15 is 0 Å². The van der Waals surface area contributed by atoms with Crippen molar-refractivity contribution in [2.24, 2.45) is 0 Å². The van der Waals surface area contributed by atoms with Crippen molar-refractivity contribution in [3.63, 3.8) is 0 Å². The largest absolute Gasteiger partial charge is 0.421 e. The van der Waals surface area contributed by atoms with Gasteiger partial charge in [0.1, 0.15) is 5.82 Å².